The number of hydrogen-bond acceptors (Lipinski definition) is 3. The number of amides is 1. The second kappa shape index (κ2) is 10.8. The summed E-state index contributed by atoms with van der Waals surface area (Å²) in [6.45, 7) is 9.05. The van der Waals surface area contributed by atoms with E-state index in [0.29, 0.717) is 19.2 Å². The Bertz CT molecular complexity index is 854. The molecule has 31 heavy (non-hydrogen) atoms. The van der Waals surface area contributed by atoms with Crippen molar-refractivity contribution in [2.24, 2.45) is 11.7 Å². The van der Waals surface area contributed by atoms with Gasteiger partial charge in [0.15, 0.2) is 0 Å². The van der Waals surface area contributed by atoms with Crippen LogP contribution in [0.4, 0.5) is 26.3 Å². The smallest absolute Gasteiger partial charge is 0.342 e. The Balaban J connectivity index is 0.00000113. The second-order valence-corrected chi connectivity index (χ2v) is 6.51. The van der Waals surface area contributed by atoms with Crippen LogP contribution in [-0.2, 0) is 23.6 Å². The first kappa shape index (κ1) is 26.7. The summed E-state index contributed by atoms with van der Waals surface area (Å²) < 4.78 is 78.2. The number of likely N-dealkylation sites (tertiary alicyclic amines) is 1. The van der Waals surface area contributed by atoms with Crippen LogP contribution >= 0.6 is 0 Å². The number of benzene rings is 1. The minimum absolute atomic E-state index is 0.0243. The number of aromatic nitrogens is 2. The lowest BCUT2D eigenvalue weighted by Crippen LogP contribution is -2.51. The Kier molecular flexibility index (Phi) is 9.34. The first-order chi connectivity index (χ1) is 14.5. The number of imidazole rings is 1. The van der Waals surface area contributed by atoms with Crippen LogP contribution in [0.5, 0.6) is 0 Å². The van der Waals surface area contributed by atoms with Gasteiger partial charge in [-0.25, -0.2) is 4.98 Å². The molecule has 2 heterocycles. The summed E-state index contributed by atoms with van der Waals surface area (Å²) in [5.74, 6) is 0.0296. The lowest BCUT2D eigenvalue weighted by molar-refractivity contribution is -0.142. The predicted octanol–water partition coefficient (Wildman–Crippen LogP) is 5.00. The maximum absolute atomic E-state index is 13.2. The third-order valence-corrected chi connectivity index (χ3v) is 4.42. The van der Waals surface area contributed by atoms with Gasteiger partial charge in [0.2, 0.25) is 5.91 Å². The molecule has 5 nitrogen and oxygen atoms in total. The topological polar surface area (TPSA) is 75.0 Å². The van der Waals surface area contributed by atoms with E-state index in [1.165, 1.54) is 0 Å². The van der Waals surface area contributed by atoms with Crippen LogP contribution in [0.25, 0.3) is 11.0 Å². The van der Waals surface area contributed by atoms with Gasteiger partial charge >= 0.3 is 12.4 Å². The third kappa shape index (κ3) is 6.59. The molecule has 1 saturated heterocycles. The molecule has 0 radical (unpaired) electrons. The average Bonchev–Trinajstić information content (AvgIpc) is 3.08. The molecule has 0 aliphatic carbocycles. The summed E-state index contributed by atoms with van der Waals surface area (Å²) >= 11 is 0. The van der Waals surface area contributed by atoms with Gasteiger partial charge in [0.25, 0.3) is 0 Å². The van der Waals surface area contributed by atoms with E-state index in [2.05, 4.69) is 9.97 Å². The van der Waals surface area contributed by atoms with E-state index < -0.39 is 29.0 Å². The number of aromatic amines is 1. The standard InChI is InChI=1S/C16H16F6N4O.2C2H6/c17-15(18,19)9-4-10(16(20,21)22)14-11(5-9)24-12(25-14)3-8-6-26(7-8)13(27)1-2-23;2*1-2/h4-5,8H,1-3,6-7,23H2,(H,24,25);2*1-2H3. The Hall–Kier alpha value is -2.30. The molecule has 176 valence electrons. The summed E-state index contributed by atoms with van der Waals surface area (Å²) in [5.41, 5.74) is 1.63. The van der Waals surface area contributed by atoms with Gasteiger partial charge in [0, 0.05) is 38.4 Å². The van der Waals surface area contributed by atoms with Crippen LogP contribution in [-0.4, -0.2) is 40.4 Å². The highest BCUT2D eigenvalue weighted by molar-refractivity contribution is 5.81. The van der Waals surface area contributed by atoms with Gasteiger partial charge in [-0.05, 0) is 12.1 Å². The summed E-state index contributed by atoms with van der Waals surface area (Å²) in [4.78, 5) is 19.6. The van der Waals surface area contributed by atoms with E-state index in [4.69, 9.17) is 5.73 Å². The van der Waals surface area contributed by atoms with Crippen molar-refractivity contribution in [1.82, 2.24) is 14.9 Å². The van der Waals surface area contributed by atoms with Gasteiger partial charge in [0.05, 0.1) is 16.6 Å². The highest BCUT2D eigenvalue weighted by Gasteiger charge is 2.39. The fourth-order valence-corrected chi connectivity index (χ4v) is 3.10. The average molecular weight is 454 g/mol. The maximum atomic E-state index is 13.2. The molecular formula is C20H28F6N4O. The van der Waals surface area contributed by atoms with E-state index in [-0.39, 0.29) is 48.6 Å². The van der Waals surface area contributed by atoms with Gasteiger partial charge in [0.1, 0.15) is 11.3 Å². The molecular weight excluding hydrogens is 426 g/mol. The van der Waals surface area contributed by atoms with Gasteiger partial charge in [-0.3, -0.25) is 4.79 Å². The molecule has 0 bridgehead atoms. The number of alkyl halides is 6. The van der Waals surface area contributed by atoms with Crippen LogP contribution in [0.2, 0.25) is 0 Å². The fourth-order valence-electron chi connectivity index (χ4n) is 3.10. The molecule has 0 unspecified atom stereocenters. The highest BCUT2D eigenvalue weighted by Crippen LogP contribution is 2.39. The largest absolute Gasteiger partial charge is 0.418 e. The third-order valence-electron chi connectivity index (χ3n) is 4.42. The molecule has 11 heteroatoms. The normalized spacial score (nSPS) is 14.4. The number of fused-ring (bicyclic) bond motifs is 1. The molecule has 0 saturated carbocycles. The van der Waals surface area contributed by atoms with Crippen LogP contribution in [0.15, 0.2) is 12.1 Å². The van der Waals surface area contributed by atoms with Gasteiger partial charge in [-0.2, -0.15) is 26.3 Å². The minimum Gasteiger partial charge on any atom is -0.342 e. The van der Waals surface area contributed by atoms with E-state index in [9.17, 15) is 31.1 Å². The molecule has 1 aliphatic heterocycles. The Labute approximate surface area is 177 Å². The van der Waals surface area contributed by atoms with Gasteiger partial charge in [-0.15, -0.1) is 0 Å². The van der Waals surface area contributed by atoms with Crippen molar-refractivity contribution in [3.05, 3.63) is 29.1 Å². The number of nitrogens with zero attached hydrogens (tertiary/aromatic N) is 2. The van der Waals surface area contributed by atoms with E-state index >= 15 is 0 Å². The van der Waals surface area contributed by atoms with Crippen molar-refractivity contribution in [3.63, 3.8) is 0 Å². The van der Waals surface area contributed by atoms with Crippen LogP contribution in [0, 0.1) is 5.92 Å². The van der Waals surface area contributed by atoms with E-state index in [1.54, 1.807) is 4.90 Å². The Morgan fingerprint density at radius 3 is 2.16 bits per heavy atom. The Morgan fingerprint density at radius 2 is 1.68 bits per heavy atom. The summed E-state index contributed by atoms with van der Waals surface area (Å²) in [5, 5.41) is 0. The van der Waals surface area contributed by atoms with Crippen molar-refractivity contribution < 1.29 is 31.1 Å². The van der Waals surface area contributed by atoms with Crippen LogP contribution in [0.3, 0.4) is 0 Å². The highest BCUT2D eigenvalue weighted by atomic mass is 19.4. The summed E-state index contributed by atoms with van der Waals surface area (Å²) in [7, 11) is 0. The molecule has 1 aromatic heterocycles. The molecule has 0 spiro atoms. The molecule has 1 aromatic carbocycles. The predicted molar refractivity (Wildman–Crippen MR) is 106 cm³/mol. The number of carbonyl (C=O) groups is 1. The molecule has 0 atom stereocenters. The van der Waals surface area contributed by atoms with Crippen molar-refractivity contribution in [2.45, 2.75) is 52.9 Å². The number of carbonyl (C=O) groups excluding carboxylic acids is 1. The summed E-state index contributed by atoms with van der Waals surface area (Å²) in [6, 6.07) is 0.697. The van der Waals surface area contributed by atoms with Gasteiger partial charge in [-0.1, -0.05) is 27.7 Å². The number of nitrogens with two attached hydrogens (primary N) is 1. The number of rotatable bonds is 4. The molecule has 1 aliphatic rings. The number of halogens is 6. The Morgan fingerprint density at radius 1 is 1.10 bits per heavy atom. The van der Waals surface area contributed by atoms with Gasteiger partial charge < -0.3 is 15.6 Å². The first-order valence-electron chi connectivity index (χ1n) is 10.1. The number of hydrogen-bond donors (Lipinski definition) is 2. The second-order valence-electron chi connectivity index (χ2n) is 6.51. The van der Waals surface area contributed by atoms with E-state index in [0.717, 1.165) is 0 Å². The SMILES string of the molecule is CC.CC.NCCC(=O)N1CC(Cc2nc3c(C(F)(F)F)cc(C(F)(F)F)cc3[nH]2)C1. The van der Waals surface area contributed by atoms with Crippen LogP contribution in [0.1, 0.15) is 51.1 Å². The zero-order valence-electron chi connectivity index (χ0n) is 17.9. The summed E-state index contributed by atoms with van der Waals surface area (Å²) in [6.07, 6.45) is -9.42. The number of nitrogens with one attached hydrogen (secondary N) is 1. The monoisotopic (exact) mass is 454 g/mol. The lowest BCUT2D eigenvalue weighted by atomic mass is 9.95. The maximum Gasteiger partial charge on any atom is 0.418 e. The minimum atomic E-state index is -4.96. The van der Waals surface area contributed by atoms with Crippen molar-refractivity contribution in [2.75, 3.05) is 19.6 Å². The van der Waals surface area contributed by atoms with Crippen molar-refractivity contribution in [3.8, 4) is 0 Å². The number of H-pyrrole nitrogens is 1. The first-order valence-corrected chi connectivity index (χ1v) is 10.1. The fraction of sp³-hybridized carbons (Fsp3) is 0.600. The molecule has 1 fully saturated rings. The van der Waals surface area contributed by atoms with E-state index in [1.807, 2.05) is 27.7 Å². The molecule has 3 N–H and O–H groups in total. The van der Waals surface area contributed by atoms with Crippen molar-refractivity contribution in [1.29, 1.82) is 0 Å². The zero-order chi connectivity index (χ0) is 24.0. The molecule has 2 aromatic rings. The molecule has 1 amide bonds. The van der Waals surface area contributed by atoms with Crippen LogP contribution < -0.4 is 5.73 Å². The molecule has 3 rings (SSSR count). The zero-order valence-corrected chi connectivity index (χ0v) is 17.9. The quantitative estimate of drug-likeness (QED) is 0.639. The van der Waals surface area contributed by atoms with Crippen molar-refractivity contribution >= 4 is 16.9 Å². The lowest BCUT2D eigenvalue weighted by Gasteiger charge is -2.39.